The SMILES string of the molecule is C=C(C)c1ccc(C)cc1C(=C)C. The van der Waals surface area contributed by atoms with Gasteiger partial charge >= 0.3 is 0 Å². The average molecular weight is 172 g/mol. The van der Waals surface area contributed by atoms with Crippen molar-refractivity contribution in [2.75, 3.05) is 0 Å². The maximum Gasteiger partial charge on any atom is -0.0156 e. The second-order valence-corrected chi connectivity index (χ2v) is 3.61. The molecule has 0 amide bonds. The maximum atomic E-state index is 3.97. The summed E-state index contributed by atoms with van der Waals surface area (Å²) in [6, 6.07) is 6.38. The second-order valence-electron chi connectivity index (χ2n) is 3.61. The van der Waals surface area contributed by atoms with E-state index >= 15 is 0 Å². The van der Waals surface area contributed by atoms with Gasteiger partial charge in [0.05, 0.1) is 0 Å². The van der Waals surface area contributed by atoms with E-state index in [4.69, 9.17) is 0 Å². The second kappa shape index (κ2) is 3.61. The van der Waals surface area contributed by atoms with E-state index in [1.807, 2.05) is 13.8 Å². The summed E-state index contributed by atoms with van der Waals surface area (Å²) < 4.78 is 0. The lowest BCUT2D eigenvalue weighted by atomic mass is 9.96. The van der Waals surface area contributed by atoms with Crippen LogP contribution >= 0.6 is 0 Å². The number of hydrogen-bond donors (Lipinski definition) is 0. The standard InChI is InChI=1S/C13H16/c1-9(2)12-7-6-11(5)8-13(12)10(3)4/h6-8H,1,3H2,2,4-5H3. The summed E-state index contributed by atoms with van der Waals surface area (Å²) in [5.74, 6) is 0. The quantitative estimate of drug-likeness (QED) is 0.631. The first-order valence-electron chi connectivity index (χ1n) is 4.45. The molecule has 0 fully saturated rings. The monoisotopic (exact) mass is 172 g/mol. The van der Waals surface area contributed by atoms with Crippen LogP contribution in [0.2, 0.25) is 0 Å². The van der Waals surface area contributed by atoms with Crippen molar-refractivity contribution in [1.29, 1.82) is 0 Å². The van der Waals surface area contributed by atoms with E-state index in [-0.39, 0.29) is 0 Å². The van der Waals surface area contributed by atoms with Gasteiger partial charge < -0.3 is 0 Å². The van der Waals surface area contributed by atoms with Crippen molar-refractivity contribution in [3.8, 4) is 0 Å². The Morgan fingerprint density at radius 1 is 1.00 bits per heavy atom. The van der Waals surface area contributed by atoms with E-state index in [1.54, 1.807) is 0 Å². The zero-order valence-corrected chi connectivity index (χ0v) is 8.65. The van der Waals surface area contributed by atoms with Gasteiger partial charge in [-0.3, -0.25) is 0 Å². The van der Waals surface area contributed by atoms with Crippen molar-refractivity contribution in [1.82, 2.24) is 0 Å². The molecule has 0 N–H and O–H groups in total. The summed E-state index contributed by atoms with van der Waals surface area (Å²) in [4.78, 5) is 0. The fraction of sp³-hybridized carbons (Fsp3) is 0.231. The Hall–Kier alpha value is -1.30. The molecule has 68 valence electrons. The minimum absolute atomic E-state index is 1.10. The van der Waals surface area contributed by atoms with E-state index in [1.165, 1.54) is 16.7 Å². The molecule has 0 spiro atoms. The smallest absolute Gasteiger partial charge is 0.0156 e. The Kier molecular flexibility index (Phi) is 2.72. The van der Waals surface area contributed by atoms with Crippen molar-refractivity contribution in [2.24, 2.45) is 0 Å². The summed E-state index contributed by atoms with van der Waals surface area (Å²) in [5, 5.41) is 0. The normalized spacial score (nSPS) is 9.77. The molecule has 1 aromatic carbocycles. The molecule has 0 aliphatic carbocycles. The highest BCUT2D eigenvalue weighted by Gasteiger charge is 2.03. The molecule has 0 bridgehead atoms. The van der Waals surface area contributed by atoms with Gasteiger partial charge in [0.25, 0.3) is 0 Å². The molecule has 0 saturated heterocycles. The van der Waals surface area contributed by atoms with Gasteiger partial charge in [-0.25, -0.2) is 0 Å². The fourth-order valence-electron chi connectivity index (χ4n) is 1.38. The number of aryl methyl sites for hydroxylation is 1. The molecule has 0 heteroatoms. The van der Waals surface area contributed by atoms with Crippen molar-refractivity contribution >= 4 is 11.1 Å². The summed E-state index contributed by atoms with van der Waals surface area (Å²) in [6.07, 6.45) is 0. The summed E-state index contributed by atoms with van der Waals surface area (Å²) in [5.41, 5.74) is 5.88. The zero-order valence-electron chi connectivity index (χ0n) is 8.65. The van der Waals surface area contributed by atoms with Crippen LogP contribution < -0.4 is 0 Å². The minimum Gasteiger partial charge on any atom is -0.0955 e. The molecule has 1 rings (SSSR count). The predicted octanol–water partition coefficient (Wildman–Crippen LogP) is 4.06. The number of allylic oxidation sites excluding steroid dienone is 2. The van der Waals surface area contributed by atoms with Crippen molar-refractivity contribution in [2.45, 2.75) is 20.8 Å². The molecular weight excluding hydrogens is 156 g/mol. The largest absolute Gasteiger partial charge is 0.0955 e. The average Bonchev–Trinajstić information content (AvgIpc) is 2.03. The summed E-state index contributed by atoms with van der Waals surface area (Å²) in [6.45, 7) is 14.1. The molecule has 0 nitrogen and oxygen atoms in total. The van der Waals surface area contributed by atoms with Gasteiger partial charge in [0.1, 0.15) is 0 Å². The zero-order chi connectivity index (χ0) is 10.0. The van der Waals surface area contributed by atoms with Crippen LogP contribution in [0.15, 0.2) is 31.4 Å². The lowest BCUT2D eigenvalue weighted by Gasteiger charge is -2.09. The highest BCUT2D eigenvalue weighted by molar-refractivity contribution is 5.76. The first kappa shape index (κ1) is 9.79. The van der Waals surface area contributed by atoms with Crippen molar-refractivity contribution in [3.63, 3.8) is 0 Å². The maximum absolute atomic E-state index is 3.97. The van der Waals surface area contributed by atoms with E-state index in [2.05, 4.69) is 38.3 Å². The van der Waals surface area contributed by atoms with Gasteiger partial charge in [0.15, 0.2) is 0 Å². The van der Waals surface area contributed by atoms with Gasteiger partial charge in [0.2, 0.25) is 0 Å². The molecule has 13 heavy (non-hydrogen) atoms. The van der Waals surface area contributed by atoms with Gasteiger partial charge in [-0.05, 0) is 31.9 Å². The summed E-state index contributed by atoms with van der Waals surface area (Å²) in [7, 11) is 0. The molecule has 1 aromatic rings. The molecule has 0 heterocycles. The van der Waals surface area contributed by atoms with Crippen LogP contribution in [0.3, 0.4) is 0 Å². The molecular formula is C13H16. The molecule has 0 atom stereocenters. The van der Waals surface area contributed by atoms with Gasteiger partial charge in [0, 0.05) is 0 Å². The third-order valence-corrected chi connectivity index (χ3v) is 2.09. The molecule has 0 radical (unpaired) electrons. The molecule has 0 aliphatic rings. The van der Waals surface area contributed by atoms with Crippen LogP contribution in [0, 0.1) is 6.92 Å². The molecule has 0 aliphatic heterocycles. The third-order valence-electron chi connectivity index (χ3n) is 2.09. The Morgan fingerprint density at radius 2 is 1.54 bits per heavy atom. The highest BCUT2D eigenvalue weighted by atomic mass is 14.1. The summed E-state index contributed by atoms with van der Waals surface area (Å²) >= 11 is 0. The lowest BCUT2D eigenvalue weighted by Crippen LogP contribution is -1.89. The van der Waals surface area contributed by atoms with E-state index in [0.29, 0.717) is 0 Å². The van der Waals surface area contributed by atoms with Gasteiger partial charge in [-0.1, -0.05) is 48.1 Å². The Balaban J connectivity index is 3.35. The van der Waals surface area contributed by atoms with E-state index in [0.717, 1.165) is 11.1 Å². The molecule has 0 aromatic heterocycles. The Labute approximate surface area is 80.6 Å². The Bertz CT molecular complexity index is 356. The van der Waals surface area contributed by atoms with Crippen LogP contribution in [-0.4, -0.2) is 0 Å². The van der Waals surface area contributed by atoms with Crippen molar-refractivity contribution < 1.29 is 0 Å². The van der Waals surface area contributed by atoms with Gasteiger partial charge in [-0.2, -0.15) is 0 Å². The van der Waals surface area contributed by atoms with Crippen molar-refractivity contribution in [3.05, 3.63) is 48.0 Å². The molecule has 0 unspecified atom stereocenters. The predicted molar refractivity (Wildman–Crippen MR) is 60.6 cm³/mol. The van der Waals surface area contributed by atoms with Crippen LogP contribution in [0.25, 0.3) is 11.1 Å². The van der Waals surface area contributed by atoms with E-state index in [9.17, 15) is 0 Å². The van der Waals surface area contributed by atoms with E-state index < -0.39 is 0 Å². The first-order chi connectivity index (χ1) is 6.02. The van der Waals surface area contributed by atoms with Crippen LogP contribution in [0.1, 0.15) is 30.5 Å². The van der Waals surface area contributed by atoms with Gasteiger partial charge in [-0.15, -0.1) is 0 Å². The number of rotatable bonds is 2. The molecule has 0 saturated carbocycles. The fourth-order valence-corrected chi connectivity index (χ4v) is 1.38. The lowest BCUT2D eigenvalue weighted by molar-refractivity contribution is 1.41. The number of hydrogen-bond acceptors (Lipinski definition) is 0. The minimum atomic E-state index is 1.10. The number of benzene rings is 1. The highest BCUT2D eigenvalue weighted by Crippen LogP contribution is 2.24. The first-order valence-corrected chi connectivity index (χ1v) is 4.45. The third kappa shape index (κ3) is 2.09. The van der Waals surface area contributed by atoms with Crippen LogP contribution in [0.5, 0.6) is 0 Å². The Morgan fingerprint density at radius 3 is 2.00 bits per heavy atom. The topological polar surface area (TPSA) is 0 Å². The van der Waals surface area contributed by atoms with Crippen LogP contribution in [0.4, 0.5) is 0 Å². The van der Waals surface area contributed by atoms with Crippen LogP contribution in [-0.2, 0) is 0 Å².